The first-order valence-electron chi connectivity index (χ1n) is 5.13. The van der Waals surface area contributed by atoms with Crippen LogP contribution in [0.15, 0.2) is 24.5 Å². The Morgan fingerprint density at radius 2 is 2.33 bits per heavy atom. The van der Waals surface area contributed by atoms with Gasteiger partial charge < -0.3 is 10.5 Å². The van der Waals surface area contributed by atoms with Gasteiger partial charge >= 0.3 is 5.97 Å². The third kappa shape index (κ3) is 2.60. The Morgan fingerprint density at radius 1 is 1.56 bits per heavy atom. The summed E-state index contributed by atoms with van der Waals surface area (Å²) in [6, 6.07) is 4.58. The lowest BCUT2D eigenvalue weighted by atomic mass is 10.2. The van der Waals surface area contributed by atoms with Gasteiger partial charge in [0, 0.05) is 7.05 Å². The first-order chi connectivity index (χ1) is 8.58. The molecule has 0 aliphatic rings. The van der Waals surface area contributed by atoms with E-state index in [0.29, 0.717) is 22.1 Å². The molecular weight excluding hydrogens is 256 g/mol. The topological polar surface area (TPSA) is 83.0 Å². The fourth-order valence-corrected chi connectivity index (χ4v) is 1.50. The molecule has 0 bridgehead atoms. The fraction of sp³-hybridized carbons (Fsp3) is 0.182. The van der Waals surface area contributed by atoms with Crippen molar-refractivity contribution in [2.45, 2.75) is 6.61 Å². The molecule has 0 amide bonds. The Bertz CT molecular complexity index is 582. The van der Waals surface area contributed by atoms with Crippen LogP contribution in [-0.4, -0.2) is 20.7 Å². The van der Waals surface area contributed by atoms with E-state index in [1.54, 1.807) is 19.2 Å². The van der Waals surface area contributed by atoms with Crippen LogP contribution in [0.1, 0.15) is 16.2 Å². The number of nitrogens with two attached hydrogens (primary N) is 1. The second-order valence-electron chi connectivity index (χ2n) is 3.61. The zero-order chi connectivity index (χ0) is 13.1. The summed E-state index contributed by atoms with van der Waals surface area (Å²) in [5, 5.41) is 4.19. The number of hydrogen-bond acceptors (Lipinski definition) is 5. The van der Waals surface area contributed by atoms with E-state index < -0.39 is 5.97 Å². The lowest BCUT2D eigenvalue weighted by molar-refractivity contribution is 0.0458. The predicted molar refractivity (Wildman–Crippen MR) is 66.0 cm³/mol. The van der Waals surface area contributed by atoms with Crippen molar-refractivity contribution in [1.82, 2.24) is 14.8 Å². The Labute approximate surface area is 108 Å². The zero-order valence-electron chi connectivity index (χ0n) is 9.63. The Kier molecular flexibility index (Phi) is 3.47. The highest BCUT2D eigenvalue weighted by Crippen LogP contribution is 2.20. The van der Waals surface area contributed by atoms with Crippen molar-refractivity contribution >= 4 is 23.3 Å². The molecule has 94 valence electrons. The number of aromatic nitrogens is 3. The van der Waals surface area contributed by atoms with Crippen LogP contribution in [0.5, 0.6) is 0 Å². The number of rotatable bonds is 3. The molecule has 0 radical (unpaired) electrons. The van der Waals surface area contributed by atoms with Crippen molar-refractivity contribution in [2.75, 3.05) is 5.73 Å². The molecule has 0 atom stereocenters. The molecule has 2 rings (SSSR count). The molecule has 6 nitrogen and oxygen atoms in total. The number of nitrogens with zero attached hydrogens (tertiary/aromatic N) is 3. The largest absolute Gasteiger partial charge is 0.454 e. The molecular formula is C11H11ClN4O2. The van der Waals surface area contributed by atoms with Crippen molar-refractivity contribution in [2.24, 2.45) is 7.05 Å². The minimum atomic E-state index is -0.486. The van der Waals surface area contributed by atoms with Crippen LogP contribution in [0.3, 0.4) is 0 Å². The standard InChI is InChI=1S/C11H11ClN4O2/c1-16-10(14-6-15-16)5-18-11(17)7-2-3-9(13)8(12)4-7/h2-4,6H,5,13H2,1H3. The van der Waals surface area contributed by atoms with Crippen LogP contribution in [0.25, 0.3) is 0 Å². The number of carbonyl (C=O) groups is 1. The van der Waals surface area contributed by atoms with E-state index in [-0.39, 0.29) is 6.61 Å². The molecule has 0 saturated heterocycles. The van der Waals surface area contributed by atoms with Gasteiger partial charge in [0.25, 0.3) is 0 Å². The molecule has 0 aliphatic heterocycles. The van der Waals surface area contributed by atoms with E-state index >= 15 is 0 Å². The average molecular weight is 267 g/mol. The maximum absolute atomic E-state index is 11.7. The minimum Gasteiger partial charge on any atom is -0.454 e. The molecule has 7 heteroatoms. The van der Waals surface area contributed by atoms with Gasteiger partial charge in [0.15, 0.2) is 12.4 Å². The lowest BCUT2D eigenvalue weighted by Gasteiger charge is -2.05. The van der Waals surface area contributed by atoms with Crippen molar-refractivity contribution in [3.63, 3.8) is 0 Å². The first kappa shape index (κ1) is 12.4. The van der Waals surface area contributed by atoms with E-state index in [2.05, 4.69) is 10.1 Å². The third-order valence-corrected chi connectivity index (χ3v) is 2.70. The lowest BCUT2D eigenvalue weighted by Crippen LogP contribution is -2.09. The van der Waals surface area contributed by atoms with Gasteiger partial charge in [-0.1, -0.05) is 11.6 Å². The molecule has 1 heterocycles. The van der Waals surface area contributed by atoms with Crippen LogP contribution < -0.4 is 5.73 Å². The summed E-state index contributed by atoms with van der Waals surface area (Å²) in [4.78, 5) is 15.7. The second-order valence-corrected chi connectivity index (χ2v) is 4.02. The molecule has 2 N–H and O–H groups in total. The monoisotopic (exact) mass is 266 g/mol. The molecule has 0 fully saturated rings. The number of carbonyl (C=O) groups excluding carboxylic acids is 1. The van der Waals surface area contributed by atoms with Gasteiger partial charge in [-0.25, -0.2) is 9.78 Å². The molecule has 0 aliphatic carbocycles. The molecule has 1 aromatic carbocycles. The number of benzene rings is 1. The van der Waals surface area contributed by atoms with Crippen molar-refractivity contribution in [3.8, 4) is 0 Å². The Balaban J connectivity index is 2.04. The Morgan fingerprint density at radius 3 is 2.94 bits per heavy atom. The number of nitrogen functional groups attached to an aromatic ring is 1. The van der Waals surface area contributed by atoms with Crippen molar-refractivity contribution in [3.05, 3.63) is 40.9 Å². The smallest absolute Gasteiger partial charge is 0.338 e. The number of ether oxygens (including phenoxy) is 1. The molecule has 18 heavy (non-hydrogen) atoms. The summed E-state index contributed by atoms with van der Waals surface area (Å²) in [6.07, 6.45) is 1.39. The minimum absolute atomic E-state index is 0.0529. The molecule has 0 unspecified atom stereocenters. The van der Waals surface area contributed by atoms with E-state index in [1.807, 2.05) is 0 Å². The van der Waals surface area contributed by atoms with Crippen LogP contribution in [0.4, 0.5) is 5.69 Å². The van der Waals surface area contributed by atoms with Crippen LogP contribution >= 0.6 is 11.6 Å². The number of esters is 1. The average Bonchev–Trinajstić information content (AvgIpc) is 2.75. The van der Waals surface area contributed by atoms with Crippen LogP contribution in [0.2, 0.25) is 5.02 Å². The third-order valence-electron chi connectivity index (χ3n) is 2.37. The maximum atomic E-state index is 11.7. The van der Waals surface area contributed by atoms with Gasteiger partial charge in [-0.15, -0.1) is 0 Å². The normalized spacial score (nSPS) is 10.3. The summed E-state index contributed by atoms with van der Waals surface area (Å²) in [7, 11) is 1.72. The highest BCUT2D eigenvalue weighted by atomic mass is 35.5. The SMILES string of the molecule is Cn1ncnc1COC(=O)c1ccc(N)c(Cl)c1. The van der Waals surface area contributed by atoms with Crippen molar-refractivity contribution < 1.29 is 9.53 Å². The Hall–Kier alpha value is -2.08. The summed E-state index contributed by atoms with van der Waals surface area (Å²) < 4.78 is 6.62. The first-order valence-corrected chi connectivity index (χ1v) is 5.50. The van der Waals surface area contributed by atoms with Crippen molar-refractivity contribution in [1.29, 1.82) is 0 Å². The predicted octanol–water partition coefficient (Wildman–Crippen LogP) is 1.41. The van der Waals surface area contributed by atoms with E-state index in [4.69, 9.17) is 22.1 Å². The fourth-order valence-electron chi connectivity index (χ4n) is 1.32. The molecule has 0 saturated carbocycles. The summed E-state index contributed by atoms with van der Waals surface area (Å²) in [5.41, 5.74) is 6.32. The number of hydrogen-bond donors (Lipinski definition) is 1. The quantitative estimate of drug-likeness (QED) is 0.671. The summed E-state index contributed by atoms with van der Waals surface area (Å²) in [6.45, 7) is 0.0529. The zero-order valence-corrected chi connectivity index (χ0v) is 10.4. The van der Waals surface area contributed by atoms with Gasteiger partial charge in [-0.05, 0) is 18.2 Å². The van der Waals surface area contributed by atoms with E-state index in [1.165, 1.54) is 17.1 Å². The number of aryl methyl sites for hydroxylation is 1. The van der Waals surface area contributed by atoms with E-state index in [0.717, 1.165) is 0 Å². The molecule has 2 aromatic rings. The van der Waals surface area contributed by atoms with Gasteiger partial charge in [0.05, 0.1) is 16.3 Å². The van der Waals surface area contributed by atoms with Gasteiger partial charge in [-0.2, -0.15) is 5.10 Å². The summed E-state index contributed by atoms with van der Waals surface area (Å²) >= 11 is 5.82. The van der Waals surface area contributed by atoms with E-state index in [9.17, 15) is 4.79 Å². The number of anilines is 1. The second kappa shape index (κ2) is 5.05. The highest BCUT2D eigenvalue weighted by Gasteiger charge is 2.10. The van der Waals surface area contributed by atoms with Gasteiger partial charge in [-0.3, -0.25) is 4.68 Å². The molecule has 1 aromatic heterocycles. The maximum Gasteiger partial charge on any atom is 0.338 e. The molecule has 0 spiro atoms. The van der Waals surface area contributed by atoms with Gasteiger partial charge in [0.1, 0.15) is 6.33 Å². The van der Waals surface area contributed by atoms with Crippen LogP contribution in [-0.2, 0) is 18.4 Å². The van der Waals surface area contributed by atoms with Gasteiger partial charge in [0.2, 0.25) is 0 Å². The number of halogens is 1. The van der Waals surface area contributed by atoms with Crippen LogP contribution in [0, 0.1) is 0 Å². The summed E-state index contributed by atoms with van der Waals surface area (Å²) in [5.74, 6) is 0.0739. The highest BCUT2D eigenvalue weighted by molar-refractivity contribution is 6.33.